The predicted molar refractivity (Wildman–Crippen MR) is 94.6 cm³/mol. The van der Waals surface area contributed by atoms with Crippen LogP contribution in [0.4, 0.5) is 9.18 Å². The Balaban J connectivity index is 1.87. The van der Waals surface area contributed by atoms with Crippen molar-refractivity contribution in [2.45, 2.75) is 25.8 Å². The molecule has 2 rings (SSSR count). The van der Waals surface area contributed by atoms with Crippen LogP contribution in [0, 0.1) is 5.82 Å². The zero-order valence-electron chi connectivity index (χ0n) is 14.3. The van der Waals surface area contributed by atoms with Crippen LogP contribution in [0.1, 0.15) is 35.3 Å². The number of nitrogens with one attached hydrogen (secondary N) is 2. The Hall–Kier alpha value is -2.89. The van der Waals surface area contributed by atoms with Crippen molar-refractivity contribution in [3.05, 3.63) is 71.0 Å². The Morgan fingerprint density at radius 2 is 1.76 bits per heavy atom. The molecule has 0 fully saturated rings. The molecule has 4 N–H and O–H groups in total. The number of primary amides is 1. The highest BCUT2D eigenvalue weighted by molar-refractivity contribution is 5.92. The highest BCUT2D eigenvalue weighted by atomic mass is 19.1. The van der Waals surface area contributed by atoms with Gasteiger partial charge in [-0.3, -0.25) is 4.79 Å². The molecule has 0 heterocycles. The lowest BCUT2D eigenvalue weighted by molar-refractivity contribution is 0.1000. The topological polar surface area (TPSA) is 84.2 Å². The molecule has 0 aliphatic rings. The molecule has 0 aliphatic carbocycles. The van der Waals surface area contributed by atoms with Crippen molar-refractivity contribution in [1.29, 1.82) is 0 Å². The van der Waals surface area contributed by atoms with Gasteiger partial charge in [-0.2, -0.15) is 0 Å². The smallest absolute Gasteiger partial charge is 0.315 e. The first kappa shape index (κ1) is 18.4. The fourth-order valence-corrected chi connectivity index (χ4v) is 2.38. The zero-order chi connectivity index (χ0) is 18.4. The molecule has 6 heteroatoms. The minimum Gasteiger partial charge on any atom is -0.366 e. The summed E-state index contributed by atoms with van der Waals surface area (Å²) < 4.78 is 13.0. The SMILES string of the molecule is CC(C)(CNC(=O)NCc1cccc(C(N)=O)c1)c1ccc(F)cc1. The van der Waals surface area contributed by atoms with Crippen LogP contribution in [0.25, 0.3) is 0 Å². The first-order valence-electron chi connectivity index (χ1n) is 7.94. The maximum atomic E-state index is 13.0. The van der Waals surface area contributed by atoms with Crippen LogP contribution in [0.15, 0.2) is 48.5 Å². The van der Waals surface area contributed by atoms with Crippen molar-refractivity contribution < 1.29 is 14.0 Å². The number of hydrogen-bond acceptors (Lipinski definition) is 2. The van der Waals surface area contributed by atoms with Crippen molar-refractivity contribution in [3.8, 4) is 0 Å². The molecule has 2 aromatic carbocycles. The largest absolute Gasteiger partial charge is 0.366 e. The van der Waals surface area contributed by atoms with E-state index in [0.29, 0.717) is 12.1 Å². The minimum atomic E-state index is -0.507. The van der Waals surface area contributed by atoms with Gasteiger partial charge in [0.2, 0.25) is 5.91 Å². The standard InChI is InChI=1S/C19H22FN3O2/c1-19(2,15-6-8-16(20)9-7-15)12-23-18(25)22-11-13-4-3-5-14(10-13)17(21)24/h3-10H,11-12H2,1-2H3,(H2,21,24)(H2,22,23,25). The molecule has 0 saturated heterocycles. The van der Waals surface area contributed by atoms with Gasteiger partial charge in [0.1, 0.15) is 5.82 Å². The summed E-state index contributed by atoms with van der Waals surface area (Å²) in [5.41, 5.74) is 7.02. The lowest BCUT2D eigenvalue weighted by Crippen LogP contribution is -2.42. The van der Waals surface area contributed by atoms with Crippen molar-refractivity contribution in [2.24, 2.45) is 5.73 Å². The van der Waals surface area contributed by atoms with Gasteiger partial charge in [-0.25, -0.2) is 9.18 Å². The highest BCUT2D eigenvalue weighted by Gasteiger charge is 2.21. The zero-order valence-corrected chi connectivity index (χ0v) is 14.3. The van der Waals surface area contributed by atoms with E-state index in [1.165, 1.54) is 12.1 Å². The normalized spacial score (nSPS) is 11.0. The number of carbonyl (C=O) groups excluding carboxylic acids is 2. The predicted octanol–water partition coefficient (Wildman–Crippen LogP) is 2.70. The quantitative estimate of drug-likeness (QED) is 0.753. The molecule has 5 nitrogen and oxygen atoms in total. The highest BCUT2D eigenvalue weighted by Crippen LogP contribution is 2.22. The van der Waals surface area contributed by atoms with Crippen LogP contribution in [-0.2, 0) is 12.0 Å². The maximum absolute atomic E-state index is 13.0. The second-order valence-electron chi connectivity index (χ2n) is 6.49. The van der Waals surface area contributed by atoms with E-state index < -0.39 is 5.91 Å². The molecule has 2 aromatic rings. The Labute approximate surface area is 146 Å². The number of urea groups is 1. The summed E-state index contributed by atoms with van der Waals surface area (Å²) in [5.74, 6) is -0.796. The molecule has 0 radical (unpaired) electrons. The summed E-state index contributed by atoms with van der Waals surface area (Å²) in [4.78, 5) is 23.2. The summed E-state index contributed by atoms with van der Waals surface area (Å²) in [5, 5.41) is 5.54. The summed E-state index contributed by atoms with van der Waals surface area (Å²) >= 11 is 0. The number of halogens is 1. The second kappa shape index (κ2) is 7.79. The Bertz CT molecular complexity index is 758. The molecule has 0 saturated carbocycles. The molecule has 0 spiro atoms. The number of nitrogens with two attached hydrogens (primary N) is 1. The van der Waals surface area contributed by atoms with Gasteiger partial charge in [0.15, 0.2) is 0 Å². The number of hydrogen-bond donors (Lipinski definition) is 3. The lowest BCUT2D eigenvalue weighted by Gasteiger charge is -2.25. The van der Waals surface area contributed by atoms with Crippen LogP contribution in [0.5, 0.6) is 0 Å². The average molecular weight is 343 g/mol. The van der Waals surface area contributed by atoms with Gasteiger partial charge in [-0.15, -0.1) is 0 Å². The number of carbonyl (C=O) groups is 2. The molecule has 3 amide bonds. The lowest BCUT2D eigenvalue weighted by atomic mass is 9.84. The molecular weight excluding hydrogens is 321 g/mol. The van der Waals surface area contributed by atoms with Crippen LogP contribution in [-0.4, -0.2) is 18.5 Å². The van der Waals surface area contributed by atoms with Gasteiger partial charge in [0.25, 0.3) is 0 Å². The van der Waals surface area contributed by atoms with Crippen LogP contribution >= 0.6 is 0 Å². The second-order valence-corrected chi connectivity index (χ2v) is 6.49. The maximum Gasteiger partial charge on any atom is 0.315 e. The summed E-state index contributed by atoms with van der Waals surface area (Å²) in [6.07, 6.45) is 0. The number of amides is 3. The van der Waals surface area contributed by atoms with Gasteiger partial charge in [0, 0.05) is 24.1 Å². The summed E-state index contributed by atoms with van der Waals surface area (Å²) in [7, 11) is 0. The van der Waals surface area contributed by atoms with E-state index in [2.05, 4.69) is 10.6 Å². The molecule has 0 aromatic heterocycles. The van der Waals surface area contributed by atoms with Gasteiger partial charge >= 0.3 is 6.03 Å². The Morgan fingerprint density at radius 1 is 1.08 bits per heavy atom. The first-order chi connectivity index (χ1) is 11.8. The minimum absolute atomic E-state index is 0.282. The van der Waals surface area contributed by atoms with Crippen LogP contribution in [0.2, 0.25) is 0 Å². The molecular formula is C19H22FN3O2. The fourth-order valence-electron chi connectivity index (χ4n) is 2.38. The Kier molecular flexibility index (Phi) is 5.75. The fraction of sp³-hybridized carbons (Fsp3) is 0.263. The van der Waals surface area contributed by atoms with Crippen LogP contribution in [0.3, 0.4) is 0 Å². The van der Waals surface area contributed by atoms with E-state index in [9.17, 15) is 14.0 Å². The van der Waals surface area contributed by atoms with E-state index in [4.69, 9.17) is 5.73 Å². The molecule has 0 atom stereocenters. The molecule has 0 aliphatic heterocycles. The Morgan fingerprint density at radius 3 is 2.40 bits per heavy atom. The third-order valence-electron chi connectivity index (χ3n) is 3.98. The van der Waals surface area contributed by atoms with E-state index in [1.54, 1.807) is 36.4 Å². The summed E-state index contributed by atoms with van der Waals surface area (Å²) in [6, 6.07) is 12.7. The van der Waals surface area contributed by atoms with Gasteiger partial charge in [-0.05, 0) is 35.4 Å². The van der Waals surface area contributed by atoms with Crippen molar-refractivity contribution >= 4 is 11.9 Å². The third kappa shape index (κ3) is 5.31. The third-order valence-corrected chi connectivity index (χ3v) is 3.98. The monoisotopic (exact) mass is 343 g/mol. The van der Waals surface area contributed by atoms with Gasteiger partial charge in [0.05, 0.1) is 0 Å². The average Bonchev–Trinajstić information content (AvgIpc) is 2.59. The van der Waals surface area contributed by atoms with Gasteiger partial charge < -0.3 is 16.4 Å². The number of rotatable bonds is 6. The molecule has 0 unspecified atom stereocenters. The van der Waals surface area contributed by atoms with E-state index >= 15 is 0 Å². The molecule has 25 heavy (non-hydrogen) atoms. The van der Waals surface area contributed by atoms with E-state index in [1.807, 2.05) is 13.8 Å². The van der Waals surface area contributed by atoms with E-state index in [0.717, 1.165) is 11.1 Å². The van der Waals surface area contributed by atoms with Crippen molar-refractivity contribution in [3.63, 3.8) is 0 Å². The first-order valence-corrected chi connectivity index (χ1v) is 7.94. The molecule has 0 bridgehead atoms. The van der Waals surface area contributed by atoms with Gasteiger partial charge in [-0.1, -0.05) is 38.1 Å². The van der Waals surface area contributed by atoms with E-state index in [-0.39, 0.29) is 23.8 Å². The number of benzene rings is 2. The van der Waals surface area contributed by atoms with Crippen molar-refractivity contribution in [1.82, 2.24) is 10.6 Å². The van der Waals surface area contributed by atoms with Crippen molar-refractivity contribution in [2.75, 3.05) is 6.54 Å². The summed E-state index contributed by atoms with van der Waals surface area (Å²) in [6.45, 7) is 4.61. The molecule has 132 valence electrons. The van der Waals surface area contributed by atoms with Crippen LogP contribution < -0.4 is 16.4 Å².